The fourth-order valence-electron chi connectivity index (χ4n) is 1.45. The van der Waals surface area contributed by atoms with Gasteiger partial charge in [-0.25, -0.2) is 0 Å². The van der Waals surface area contributed by atoms with Crippen molar-refractivity contribution in [2.75, 3.05) is 13.2 Å². The van der Waals surface area contributed by atoms with Crippen LogP contribution in [0.5, 0.6) is 5.75 Å². The van der Waals surface area contributed by atoms with Crippen LogP contribution in [0.4, 0.5) is 0 Å². The highest BCUT2D eigenvalue weighted by molar-refractivity contribution is 14.1. The first kappa shape index (κ1) is 15.5. The lowest BCUT2D eigenvalue weighted by atomic mass is 10.1. The van der Waals surface area contributed by atoms with Crippen LogP contribution in [-0.4, -0.2) is 23.9 Å². The molecule has 4 heteroatoms. The van der Waals surface area contributed by atoms with Crippen molar-refractivity contribution in [2.45, 2.75) is 25.9 Å². The van der Waals surface area contributed by atoms with Gasteiger partial charge >= 0.3 is 0 Å². The van der Waals surface area contributed by atoms with E-state index in [1.165, 1.54) is 3.57 Å². The van der Waals surface area contributed by atoms with Crippen molar-refractivity contribution in [3.05, 3.63) is 40.0 Å². The summed E-state index contributed by atoms with van der Waals surface area (Å²) in [4.78, 5) is 0. The molecular formula is C14H21INO2+. The second kappa shape index (κ2) is 7.11. The molecule has 0 heterocycles. The number of hydrogen-bond acceptors (Lipinski definition) is 2. The SMILES string of the molecule is C=CCOc1ccc(I)cc1C[NH2+]C(C)(C)CO. The summed E-state index contributed by atoms with van der Waals surface area (Å²) in [7, 11) is 0. The Morgan fingerprint density at radius 2 is 2.22 bits per heavy atom. The number of halogens is 1. The molecule has 0 radical (unpaired) electrons. The molecule has 0 aliphatic rings. The maximum atomic E-state index is 9.26. The molecule has 0 bridgehead atoms. The van der Waals surface area contributed by atoms with Gasteiger partial charge in [0.2, 0.25) is 0 Å². The summed E-state index contributed by atoms with van der Waals surface area (Å²) < 4.78 is 6.82. The van der Waals surface area contributed by atoms with E-state index in [1.54, 1.807) is 6.08 Å². The third kappa shape index (κ3) is 4.96. The van der Waals surface area contributed by atoms with Crippen LogP contribution in [0, 0.1) is 3.57 Å². The number of ether oxygens (including phenoxy) is 1. The number of aliphatic hydroxyl groups is 1. The first-order valence-corrected chi connectivity index (χ1v) is 7.04. The zero-order valence-corrected chi connectivity index (χ0v) is 13.1. The lowest BCUT2D eigenvalue weighted by Gasteiger charge is -2.20. The summed E-state index contributed by atoms with van der Waals surface area (Å²) in [5, 5.41) is 11.4. The van der Waals surface area contributed by atoms with Gasteiger partial charge in [0, 0.05) is 9.13 Å². The molecule has 0 saturated carbocycles. The highest BCUT2D eigenvalue weighted by Crippen LogP contribution is 2.20. The van der Waals surface area contributed by atoms with Gasteiger partial charge in [0.15, 0.2) is 0 Å². The number of benzene rings is 1. The van der Waals surface area contributed by atoms with Crippen LogP contribution in [-0.2, 0) is 6.54 Å². The third-order valence-corrected chi connectivity index (χ3v) is 3.33. The average molecular weight is 362 g/mol. The molecule has 1 rings (SSSR count). The second-order valence-corrected chi connectivity index (χ2v) is 6.15. The minimum absolute atomic E-state index is 0.153. The molecule has 0 unspecified atom stereocenters. The smallest absolute Gasteiger partial charge is 0.128 e. The maximum absolute atomic E-state index is 9.26. The van der Waals surface area contributed by atoms with Crippen molar-refractivity contribution in [3.8, 4) is 5.75 Å². The Balaban J connectivity index is 2.78. The minimum atomic E-state index is -0.170. The Labute approximate surface area is 122 Å². The fourth-order valence-corrected chi connectivity index (χ4v) is 2.00. The van der Waals surface area contributed by atoms with Crippen LogP contribution < -0.4 is 10.1 Å². The van der Waals surface area contributed by atoms with E-state index < -0.39 is 0 Å². The number of hydrogen-bond donors (Lipinski definition) is 2. The van der Waals surface area contributed by atoms with Crippen molar-refractivity contribution in [1.82, 2.24) is 0 Å². The van der Waals surface area contributed by atoms with Gasteiger partial charge in [0.05, 0.1) is 6.61 Å². The molecule has 0 aromatic heterocycles. The summed E-state index contributed by atoms with van der Waals surface area (Å²) in [5.41, 5.74) is 0.974. The number of aliphatic hydroxyl groups excluding tert-OH is 1. The standard InChI is InChI=1S/C14H20INO2/c1-4-7-18-13-6-5-12(15)8-11(13)9-16-14(2,3)10-17/h4-6,8,16-17H,1,7,9-10H2,2-3H3/p+1. The van der Waals surface area contributed by atoms with E-state index in [0.717, 1.165) is 17.9 Å². The molecule has 3 N–H and O–H groups in total. The van der Waals surface area contributed by atoms with Gasteiger partial charge in [0.1, 0.15) is 24.4 Å². The van der Waals surface area contributed by atoms with Crippen LogP contribution in [0.3, 0.4) is 0 Å². The van der Waals surface area contributed by atoms with E-state index in [2.05, 4.69) is 40.6 Å². The lowest BCUT2D eigenvalue weighted by Crippen LogP contribution is -2.95. The zero-order valence-electron chi connectivity index (χ0n) is 10.9. The lowest BCUT2D eigenvalue weighted by molar-refractivity contribution is -0.736. The molecule has 0 atom stereocenters. The predicted molar refractivity (Wildman–Crippen MR) is 81.6 cm³/mol. The molecule has 0 aliphatic carbocycles. The molecule has 0 spiro atoms. The molecule has 1 aromatic carbocycles. The van der Waals surface area contributed by atoms with E-state index in [9.17, 15) is 5.11 Å². The molecule has 0 amide bonds. The molecule has 18 heavy (non-hydrogen) atoms. The van der Waals surface area contributed by atoms with E-state index in [0.29, 0.717) is 6.61 Å². The van der Waals surface area contributed by atoms with E-state index in [-0.39, 0.29) is 12.1 Å². The third-order valence-electron chi connectivity index (χ3n) is 2.66. The normalized spacial score (nSPS) is 11.3. The Morgan fingerprint density at radius 1 is 1.50 bits per heavy atom. The first-order chi connectivity index (χ1) is 8.48. The van der Waals surface area contributed by atoms with E-state index in [4.69, 9.17) is 4.74 Å². The van der Waals surface area contributed by atoms with Gasteiger partial charge in [-0.1, -0.05) is 12.7 Å². The highest BCUT2D eigenvalue weighted by atomic mass is 127. The molecule has 0 aliphatic heterocycles. The van der Waals surface area contributed by atoms with Gasteiger partial charge in [-0.05, 0) is 54.6 Å². The zero-order chi connectivity index (χ0) is 13.6. The van der Waals surface area contributed by atoms with Gasteiger partial charge < -0.3 is 15.2 Å². The van der Waals surface area contributed by atoms with Gasteiger partial charge in [-0.3, -0.25) is 0 Å². The van der Waals surface area contributed by atoms with Gasteiger partial charge in [-0.15, -0.1) is 0 Å². The van der Waals surface area contributed by atoms with Crippen molar-refractivity contribution in [3.63, 3.8) is 0 Å². The fraction of sp³-hybridized carbons (Fsp3) is 0.429. The summed E-state index contributed by atoms with van der Waals surface area (Å²) in [6.45, 7) is 9.14. The van der Waals surface area contributed by atoms with Crippen LogP contribution in [0.25, 0.3) is 0 Å². The summed E-state index contributed by atoms with van der Waals surface area (Å²) in [5.74, 6) is 0.889. The summed E-state index contributed by atoms with van der Waals surface area (Å²) in [6.07, 6.45) is 1.74. The van der Waals surface area contributed by atoms with Crippen molar-refractivity contribution < 1.29 is 15.2 Å². The topological polar surface area (TPSA) is 46.1 Å². The highest BCUT2D eigenvalue weighted by Gasteiger charge is 2.20. The Hall–Kier alpha value is -0.590. The largest absolute Gasteiger partial charge is 0.489 e. The molecule has 0 fully saturated rings. The monoisotopic (exact) mass is 362 g/mol. The minimum Gasteiger partial charge on any atom is -0.489 e. The predicted octanol–water partition coefficient (Wildman–Crippen LogP) is 1.69. The van der Waals surface area contributed by atoms with E-state index in [1.807, 2.05) is 26.0 Å². The molecule has 100 valence electrons. The Bertz CT molecular complexity index is 405. The molecule has 0 saturated heterocycles. The van der Waals surface area contributed by atoms with Crippen LogP contribution in [0.2, 0.25) is 0 Å². The van der Waals surface area contributed by atoms with Crippen molar-refractivity contribution >= 4 is 22.6 Å². The Kier molecular flexibility index (Phi) is 6.11. The molecular weight excluding hydrogens is 341 g/mol. The van der Waals surface area contributed by atoms with Crippen molar-refractivity contribution in [1.29, 1.82) is 0 Å². The van der Waals surface area contributed by atoms with Gasteiger partial charge in [-0.2, -0.15) is 0 Å². The maximum Gasteiger partial charge on any atom is 0.128 e. The van der Waals surface area contributed by atoms with Gasteiger partial charge in [0.25, 0.3) is 0 Å². The van der Waals surface area contributed by atoms with Crippen LogP contribution in [0.1, 0.15) is 19.4 Å². The number of rotatable bonds is 7. The summed E-state index contributed by atoms with van der Waals surface area (Å²) in [6, 6.07) is 6.13. The van der Waals surface area contributed by atoms with Crippen molar-refractivity contribution in [2.24, 2.45) is 0 Å². The van der Waals surface area contributed by atoms with Crippen LogP contribution in [0.15, 0.2) is 30.9 Å². The molecule has 1 aromatic rings. The Morgan fingerprint density at radius 3 is 2.83 bits per heavy atom. The average Bonchev–Trinajstić information content (AvgIpc) is 2.35. The summed E-state index contributed by atoms with van der Waals surface area (Å²) >= 11 is 2.29. The first-order valence-electron chi connectivity index (χ1n) is 5.96. The quantitative estimate of drug-likeness (QED) is 0.573. The number of nitrogens with two attached hydrogens (primary N) is 1. The second-order valence-electron chi connectivity index (χ2n) is 4.91. The number of quaternary nitrogens is 1. The van der Waals surface area contributed by atoms with Crippen LogP contribution >= 0.6 is 22.6 Å². The molecule has 3 nitrogen and oxygen atoms in total. The van der Waals surface area contributed by atoms with E-state index >= 15 is 0 Å².